The van der Waals surface area contributed by atoms with Crippen LogP contribution in [0.15, 0.2) is 18.2 Å². The highest BCUT2D eigenvalue weighted by Crippen LogP contribution is 2.29. The highest BCUT2D eigenvalue weighted by molar-refractivity contribution is 6.02. The molecule has 0 aliphatic heterocycles. The molecule has 0 spiro atoms. The molecule has 0 aliphatic rings. The van der Waals surface area contributed by atoms with Crippen molar-refractivity contribution in [1.82, 2.24) is 0 Å². The number of hydrogen-bond donors (Lipinski definition) is 1. The zero-order valence-corrected chi connectivity index (χ0v) is 11.5. The van der Waals surface area contributed by atoms with Crippen LogP contribution in [0.25, 0.3) is 0 Å². The molecule has 0 unspecified atom stereocenters. The summed E-state index contributed by atoms with van der Waals surface area (Å²) in [6, 6.07) is 1.06. The van der Waals surface area contributed by atoms with Crippen molar-refractivity contribution in [3.05, 3.63) is 38.4 Å². The Hall–Kier alpha value is -3.24. The molecule has 0 saturated heterocycles. The Labute approximate surface area is 123 Å². The Morgan fingerprint density at radius 2 is 1.64 bits per heavy atom. The zero-order chi connectivity index (χ0) is 16.9. The molecule has 22 heavy (non-hydrogen) atoms. The molecule has 11 nitrogen and oxygen atoms in total. The molecule has 0 atom stereocenters. The number of anilines is 1. The minimum absolute atomic E-state index is 0.267. The quantitative estimate of drug-likeness (QED) is 0.345. The van der Waals surface area contributed by atoms with Gasteiger partial charge in [-0.3, -0.25) is 20.2 Å². The molecule has 0 radical (unpaired) electrons. The van der Waals surface area contributed by atoms with Crippen molar-refractivity contribution in [3.63, 3.8) is 0 Å². The maximum Gasteiger partial charge on any atom is 0.340 e. The second-order valence-corrected chi connectivity index (χ2v) is 3.84. The van der Waals surface area contributed by atoms with Gasteiger partial charge in [0.15, 0.2) is 0 Å². The van der Waals surface area contributed by atoms with Crippen molar-refractivity contribution in [2.45, 2.75) is 6.04 Å². The summed E-state index contributed by atoms with van der Waals surface area (Å²) >= 11 is 0. The van der Waals surface area contributed by atoms with Gasteiger partial charge in [-0.1, -0.05) is 0 Å². The number of hydrogen-bond acceptors (Lipinski definition) is 9. The van der Waals surface area contributed by atoms with Crippen LogP contribution in [0.2, 0.25) is 0 Å². The van der Waals surface area contributed by atoms with E-state index in [0.29, 0.717) is 6.07 Å². The molecule has 1 N–H and O–H groups in total. The van der Waals surface area contributed by atoms with Crippen molar-refractivity contribution >= 4 is 29.0 Å². The number of esters is 2. The van der Waals surface area contributed by atoms with E-state index in [2.05, 4.69) is 14.8 Å². The lowest BCUT2D eigenvalue weighted by Crippen LogP contribution is -2.39. The molecule has 11 heteroatoms. The van der Waals surface area contributed by atoms with Crippen LogP contribution in [0.1, 0.15) is 0 Å². The van der Waals surface area contributed by atoms with E-state index >= 15 is 0 Å². The van der Waals surface area contributed by atoms with Gasteiger partial charge in [-0.25, -0.2) is 9.59 Å². The molecule has 0 aliphatic carbocycles. The van der Waals surface area contributed by atoms with E-state index in [0.717, 1.165) is 26.4 Å². The van der Waals surface area contributed by atoms with Crippen molar-refractivity contribution in [2.24, 2.45) is 0 Å². The van der Waals surface area contributed by atoms with Crippen molar-refractivity contribution in [2.75, 3.05) is 19.5 Å². The van der Waals surface area contributed by atoms with Gasteiger partial charge in [0, 0.05) is 6.07 Å². The van der Waals surface area contributed by atoms with E-state index in [4.69, 9.17) is 0 Å². The van der Waals surface area contributed by atoms with Gasteiger partial charge in [-0.05, 0) is 6.07 Å². The summed E-state index contributed by atoms with van der Waals surface area (Å²) in [5.41, 5.74) is -1.45. The van der Waals surface area contributed by atoms with Gasteiger partial charge in [0.2, 0.25) is 6.04 Å². The Morgan fingerprint density at radius 1 is 1.09 bits per heavy atom. The molecule has 0 aromatic heterocycles. The summed E-state index contributed by atoms with van der Waals surface area (Å²) in [4.78, 5) is 42.9. The summed E-state index contributed by atoms with van der Waals surface area (Å²) in [6.45, 7) is 0. The van der Waals surface area contributed by atoms with E-state index in [-0.39, 0.29) is 5.69 Å². The van der Waals surface area contributed by atoms with Gasteiger partial charge >= 0.3 is 11.9 Å². The monoisotopic (exact) mass is 313 g/mol. The molecule has 0 fully saturated rings. The van der Waals surface area contributed by atoms with Crippen molar-refractivity contribution in [3.8, 4) is 0 Å². The van der Waals surface area contributed by atoms with Crippen LogP contribution in [0.5, 0.6) is 0 Å². The second-order valence-electron chi connectivity index (χ2n) is 3.84. The van der Waals surface area contributed by atoms with E-state index in [1.165, 1.54) is 0 Å². The Bertz CT molecular complexity index is 614. The molecular formula is C11H11N3O8. The standard InChI is InChI=1S/C11H11N3O8/c1-21-10(15)9(11(16)22-2)12-7-4-3-6(13(17)18)5-8(7)14(19)20/h3-5,9,12H,1-2H3. The number of rotatable bonds is 6. The van der Waals surface area contributed by atoms with Gasteiger partial charge in [0.1, 0.15) is 5.69 Å². The van der Waals surface area contributed by atoms with Crippen LogP contribution in [0.3, 0.4) is 0 Å². The van der Waals surface area contributed by atoms with Crippen LogP contribution in [-0.4, -0.2) is 42.0 Å². The van der Waals surface area contributed by atoms with Crippen LogP contribution in [0, 0.1) is 20.2 Å². The first kappa shape index (κ1) is 16.8. The number of carbonyl (C=O) groups excluding carboxylic acids is 2. The first-order chi connectivity index (χ1) is 10.3. The number of methoxy groups -OCH3 is 2. The summed E-state index contributed by atoms with van der Waals surface area (Å²) in [7, 11) is 2.04. The van der Waals surface area contributed by atoms with Crippen LogP contribution in [-0.2, 0) is 19.1 Å². The number of nitro groups is 2. The molecule has 1 aromatic carbocycles. The van der Waals surface area contributed by atoms with Crippen LogP contribution in [0.4, 0.5) is 17.1 Å². The van der Waals surface area contributed by atoms with Crippen molar-refractivity contribution in [1.29, 1.82) is 0 Å². The number of benzene rings is 1. The van der Waals surface area contributed by atoms with E-state index in [1.54, 1.807) is 0 Å². The largest absolute Gasteiger partial charge is 0.467 e. The lowest BCUT2D eigenvalue weighted by molar-refractivity contribution is -0.393. The SMILES string of the molecule is COC(=O)C(Nc1ccc([N+](=O)[O-])cc1[N+](=O)[O-])C(=O)OC. The highest BCUT2D eigenvalue weighted by Gasteiger charge is 2.31. The maximum absolute atomic E-state index is 11.5. The van der Waals surface area contributed by atoms with E-state index < -0.39 is 39.2 Å². The van der Waals surface area contributed by atoms with Gasteiger partial charge in [-0.15, -0.1) is 0 Å². The highest BCUT2D eigenvalue weighted by atomic mass is 16.6. The third-order valence-corrected chi connectivity index (χ3v) is 2.56. The van der Waals surface area contributed by atoms with Crippen LogP contribution < -0.4 is 5.32 Å². The molecule has 0 heterocycles. The average molecular weight is 313 g/mol. The molecule has 0 bridgehead atoms. The van der Waals surface area contributed by atoms with Gasteiger partial charge in [0.25, 0.3) is 11.4 Å². The molecule has 1 rings (SSSR count). The topological polar surface area (TPSA) is 151 Å². The first-order valence-corrected chi connectivity index (χ1v) is 5.66. The van der Waals surface area contributed by atoms with Crippen molar-refractivity contribution < 1.29 is 28.9 Å². The fourth-order valence-corrected chi connectivity index (χ4v) is 1.51. The number of ether oxygens (including phenoxy) is 2. The van der Waals surface area contributed by atoms with Gasteiger partial charge < -0.3 is 14.8 Å². The number of nitrogens with one attached hydrogen (secondary N) is 1. The molecule has 118 valence electrons. The molecule has 0 saturated carbocycles. The van der Waals surface area contributed by atoms with Gasteiger partial charge in [0.05, 0.1) is 30.1 Å². The summed E-state index contributed by atoms with van der Waals surface area (Å²) in [5, 5.41) is 23.9. The second kappa shape index (κ2) is 6.97. The fourth-order valence-electron chi connectivity index (χ4n) is 1.51. The van der Waals surface area contributed by atoms with Gasteiger partial charge in [-0.2, -0.15) is 0 Å². The predicted octanol–water partition coefficient (Wildman–Crippen LogP) is 0.629. The Balaban J connectivity index is 3.24. The summed E-state index contributed by atoms with van der Waals surface area (Å²) in [6.07, 6.45) is 0. The number of carbonyl (C=O) groups is 2. The minimum Gasteiger partial charge on any atom is -0.467 e. The average Bonchev–Trinajstić information content (AvgIpc) is 2.50. The lowest BCUT2D eigenvalue weighted by atomic mass is 10.2. The van der Waals surface area contributed by atoms with E-state index in [1.807, 2.05) is 0 Å². The van der Waals surface area contributed by atoms with E-state index in [9.17, 15) is 29.8 Å². The molecule has 1 aromatic rings. The molecular weight excluding hydrogens is 302 g/mol. The normalized spacial score (nSPS) is 9.95. The Kier molecular flexibility index (Phi) is 5.32. The third-order valence-electron chi connectivity index (χ3n) is 2.56. The minimum atomic E-state index is -1.64. The summed E-state index contributed by atoms with van der Waals surface area (Å²) < 4.78 is 8.78. The number of nitrogens with zero attached hydrogens (tertiary/aromatic N) is 2. The number of nitro benzene ring substituents is 2. The zero-order valence-electron chi connectivity index (χ0n) is 11.5. The number of non-ortho nitro benzene ring substituents is 1. The molecule has 0 amide bonds. The van der Waals surface area contributed by atoms with Crippen LogP contribution >= 0.6 is 0 Å². The lowest BCUT2D eigenvalue weighted by Gasteiger charge is -2.15. The predicted molar refractivity (Wildman–Crippen MR) is 71.2 cm³/mol. The maximum atomic E-state index is 11.5. The third kappa shape index (κ3) is 3.65. The first-order valence-electron chi connectivity index (χ1n) is 5.66. The fraction of sp³-hybridized carbons (Fsp3) is 0.273. The summed E-state index contributed by atoms with van der Waals surface area (Å²) in [5.74, 6) is -2.06. The smallest absolute Gasteiger partial charge is 0.340 e. The Morgan fingerprint density at radius 3 is 2.05 bits per heavy atom.